The van der Waals surface area contributed by atoms with Gasteiger partial charge >= 0.3 is 5.97 Å². The van der Waals surface area contributed by atoms with Gasteiger partial charge in [-0.3, -0.25) is 4.79 Å². The number of hydrogen-bond donors (Lipinski definition) is 2. The molecule has 1 aromatic rings. The van der Waals surface area contributed by atoms with E-state index in [9.17, 15) is 14.7 Å². The highest BCUT2D eigenvalue weighted by atomic mass is 16.5. The van der Waals surface area contributed by atoms with E-state index in [1.54, 1.807) is 19.1 Å². The Balaban J connectivity index is 2.84. The van der Waals surface area contributed by atoms with Crippen molar-refractivity contribution in [2.45, 2.75) is 38.6 Å². The van der Waals surface area contributed by atoms with Crippen LogP contribution in [0.1, 0.15) is 32.3 Å². The highest BCUT2D eigenvalue weighted by molar-refractivity contribution is 5.86. The number of carbonyl (C=O) groups is 2. The lowest BCUT2D eigenvalue weighted by Gasteiger charge is -2.24. The number of carbonyl (C=O) groups excluding carboxylic acids is 1. The standard InChI is InChI=1S/C17H25NO6/c1-6-17(2,16(20)21)18-14(19)8-7-11-9-12(22-3)15(24-5)13(10-11)23-4/h9-10H,6-8H2,1-5H3,(H,18,19)(H,20,21). The molecule has 0 aliphatic heterocycles. The molecule has 24 heavy (non-hydrogen) atoms. The molecule has 1 amide bonds. The Hall–Kier alpha value is -2.44. The van der Waals surface area contributed by atoms with Gasteiger partial charge in [0.05, 0.1) is 21.3 Å². The highest BCUT2D eigenvalue weighted by Crippen LogP contribution is 2.38. The second kappa shape index (κ2) is 8.42. The third-order valence-corrected chi connectivity index (χ3v) is 3.96. The van der Waals surface area contributed by atoms with Gasteiger partial charge in [-0.2, -0.15) is 0 Å². The summed E-state index contributed by atoms with van der Waals surface area (Å²) < 4.78 is 15.8. The SMILES string of the molecule is CCC(C)(NC(=O)CCc1cc(OC)c(OC)c(OC)c1)C(=O)O. The smallest absolute Gasteiger partial charge is 0.329 e. The zero-order valence-corrected chi connectivity index (χ0v) is 14.8. The average molecular weight is 339 g/mol. The Morgan fingerprint density at radius 2 is 1.67 bits per heavy atom. The van der Waals surface area contributed by atoms with E-state index >= 15 is 0 Å². The molecule has 0 heterocycles. The molecule has 1 aromatic carbocycles. The summed E-state index contributed by atoms with van der Waals surface area (Å²) >= 11 is 0. The lowest BCUT2D eigenvalue weighted by molar-refractivity contribution is -0.147. The summed E-state index contributed by atoms with van der Waals surface area (Å²) in [6, 6.07) is 3.54. The van der Waals surface area contributed by atoms with E-state index in [4.69, 9.17) is 14.2 Å². The molecular formula is C17H25NO6. The van der Waals surface area contributed by atoms with E-state index in [1.165, 1.54) is 28.3 Å². The third-order valence-electron chi connectivity index (χ3n) is 3.96. The molecule has 1 unspecified atom stereocenters. The van der Waals surface area contributed by atoms with Crippen LogP contribution in [-0.2, 0) is 16.0 Å². The summed E-state index contributed by atoms with van der Waals surface area (Å²) in [4.78, 5) is 23.3. The first-order valence-electron chi connectivity index (χ1n) is 7.64. The summed E-state index contributed by atoms with van der Waals surface area (Å²) in [6.07, 6.45) is 0.877. The summed E-state index contributed by atoms with van der Waals surface area (Å²) in [7, 11) is 4.56. The number of methoxy groups -OCH3 is 3. The number of amides is 1. The van der Waals surface area contributed by atoms with Gasteiger partial charge in [-0.1, -0.05) is 6.92 Å². The maximum absolute atomic E-state index is 12.1. The minimum absolute atomic E-state index is 0.154. The molecule has 0 aliphatic rings. The summed E-state index contributed by atoms with van der Waals surface area (Å²) in [6.45, 7) is 3.21. The normalized spacial score (nSPS) is 12.9. The van der Waals surface area contributed by atoms with Gasteiger partial charge in [-0.25, -0.2) is 4.79 Å². The predicted molar refractivity (Wildman–Crippen MR) is 88.9 cm³/mol. The van der Waals surface area contributed by atoms with Crippen molar-refractivity contribution in [2.24, 2.45) is 0 Å². The maximum Gasteiger partial charge on any atom is 0.329 e. The molecule has 0 aromatic heterocycles. The fourth-order valence-electron chi connectivity index (χ4n) is 2.20. The number of rotatable bonds is 9. The topological polar surface area (TPSA) is 94.1 Å². The predicted octanol–water partition coefficient (Wildman–Crippen LogP) is 2.01. The molecule has 2 N–H and O–H groups in total. The van der Waals surface area contributed by atoms with E-state index < -0.39 is 11.5 Å². The van der Waals surface area contributed by atoms with E-state index in [2.05, 4.69) is 5.32 Å². The van der Waals surface area contributed by atoms with Crippen LogP contribution < -0.4 is 19.5 Å². The highest BCUT2D eigenvalue weighted by Gasteiger charge is 2.32. The molecule has 0 saturated carbocycles. The Kier molecular flexibility index (Phi) is 6.88. The van der Waals surface area contributed by atoms with Gasteiger partial charge in [0, 0.05) is 6.42 Å². The van der Waals surface area contributed by atoms with Gasteiger partial charge in [-0.15, -0.1) is 0 Å². The second-order valence-electron chi connectivity index (χ2n) is 5.57. The van der Waals surface area contributed by atoms with Crippen LogP contribution in [0.2, 0.25) is 0 Å². The van der Waals surface area contributed by atoms with Gasteiger partial charge < -0.3 is 24.6 Å². The molecule has 0 spiro atoms. The quantitative estimate of drug-likeness (QED) is 0.715. The first-order chi connectivity index (χ1) is 11.3. The summed E-state index contributed by atoms with van der Waals surface area (Å²) in [5.41, 5.74) is -0.431. The molecule has 0 aliphatic carbocycles. The van der Waals surface area contributed by atoms with Crippen molar-refractivity contribution >= 4 is 11.9 Å². The van der Waals surface area contributed by atoms with Gasteiger partial charge in [0.2, 0.25) is 11.7 Å². The van der Waals surface area contributed by atoms with Crippen molar-refractivity contribution in [3.63, 3.8) is 0 Å². The number of carboxylic acid groups (broad SMARTS) is 1. The minimum Gasteiger partial charge on any atom is -0.493 e. The van der Waals surface area contributed by atoms with E-state index in [0.717, 1.165) is 5.56 Å². The Bertz CT molecular complexity index is 576. The monoisotopic (exact) mass is 339 g/mol. The first-order valence-corrected chi connectivity index (χ1v) is 7.64. The van der Waals surface area contributed by atoms with Crippen molar-refractivity contribution in [3.05, 3.63) is 17.7 Å². The van der Waals surface area contributed by atoms with Crippen LogP contribution >= 0.6 is 0 Å². The fraction of sp³-hybridized carbons (Fsp3) is 0.529. The zero-order valence-electron chi connectivity index (χ0n) is 14.8. The molecule has 134 valence electrons. The van der Waals surface area contributed by atoms with Crippen molar-refractivity contribution < 1.29 is 28.9 Å². The van der Waals surface area contributed by atoms with Crippen molar-refractivity contribution in [1.82, 2.24) is 5.32 Å². The van der Waals surface area contributed by atoms with Crippen LogP contribution in [0.4, 0.5) is 0 Å². The van der Waals surface area contributed by atoms with Crippen molar-refractivity contribution in [1.29, 1.82) is 0 Å². The molecule has 0 radical (unpaired) electrons. The number of nitrogens with one attached hydrogen (secondary N) is 1. The number of aryl methyl sites for hydroxylation is 1. The van der Waals surface area contributed by atoms with Crippen LogP contribution in [0.15, 0.2) is 12.1 Å². The molecular weight excluding hydrogens is 314 g/mol. The average Bonchev–Trinajstić information content (AvgIpc) is 2.58. The lowest BCUT2D eigenvalue weighted by atomic mass is 9.98. The fourth-order valence-corrected chi connectivity index (χ4v) is 2.20. The van der Waals surface area contributed by atoms with E-state index in [0.29, 0.717) is 30.1 Å². The zero-order chi connectivity index (χ0) is 18.3. The summed E-state index contributed by atoms with van der Waals surface area (Å²) in [5.74, 6) is 0.131. The number of aliphatic carboxylic acids is 1. The van der Waals surface area contributed by atoms with Crippen molar-refractivity contribution in [3.8, 4) is 17.2 Å². The molecule has 0 fully saturated rings. The van der Waals surface area contributed by atoms with Crippen LogP contribution in [0, 0.1) is 0 Å². The van der Waals surface area contributed by atoms with Crippen LogP contribution in [-0.4, -0.2) is 43.9 Å². The van der Waals surface area contributed by atoms with Gasteiger partial charge in [0.15, 0.2) is 11.5 Å². The Morgan fingerprint density at radius 3 is 2.04 bits per heavy atom. The van der Waals surface area contributed by atoms with Gasteiger partial charge in [-0.05, 0) is 37.5 Å². The van der Waals surface area contributed by atoms with Crippen LogP contribution in [0.5, 0.6) is 17.2 Å². The Morgan fingerprint density at radius 1 is 1.12 bits per heavy atom. The van der Waals surface area contributed by atoms with Gasteiger partial charge in [0.1, 0.15) is 5.54 Å². The lowest BCUT2D eigenvalue weighted by Crippen LogP contribution is -2.51. The molecule has 1 rings (SSSR count). The Labute approximate surface area is 141 Å². The number of ether oxygens (including phenoxy) is 3. The maximum atomic E-state index is 12.1. The minimum atomic E-state index is -1.26. The first kappa shape index (κ1) is 19.6. The second-order valence-corrected chi connectivity index (χ2v) is 5.57. The largest absolute Gasteiger partial charge is 0.493 e. The van der Waals surface area contributed by atoms with Crippen LogP contribution in [0.25, 0.3) is 0 Å². The number of benzene rings is 1. The van der Waals surface area contributed by atoms with E-state index in [-0.39, 0.29) is 12.3 Å². The molecule has 0 bridgehead atoms. The van der Waals surface area contributed by atoms with E-state index in [1.807, 2.05) is 0 Å². The van der Waals surface area contributed by atoms with Crippen molar-refractivity contribution in [2.75, 3.05) is 21.3 Å². The molecule has 7 heteroatoms. The van der Waals surface area contributed by atoms with Crippen LogP contribution in [0.3, 0.4) is 0 Å². The molecule has 7 nitrogen and oxygen atoms in total. The summed E-state index contributed by atoms with van der Waals surface area (Å²) in [5, 5.41) is 11.8. The number of hydrogen-bond acceptors (Lipinski definition) is 5. The van der Waals surface area contributed by atoms with Gasteiger partial charge in [0.25, 0.3) is 0 Å². The third kappa shape index (κ3) is 4.53. The molecule has 1 atom stereocenters. The number of carboxylic acids is 1. The molecule has 0 saturated heterocycles.